The average molecular weight is 272 g/mol. The third-order valence-corrected chi connectivity index (χ3v) is 3.83. The maximum absolute atomic E-state index is 12.2. The normalized spacial score (nSPS) is 16.4. The third kappa shape index (κ3) is 2.36. The number of hydrogen-bond acceptors (Lipinski definition) is 1. The molecule has 3 heteroatoms. The van der Waals surface area contributed by atoms with Crippen molar-refractivity contribution >= 4 is 23.2 Å². The largest absolute Gasteiger partial charge is 0.326 e. The maximum Gasteiger partial charge on any atom is 0.232 e. The van der Waals surface area contributed by atoms with Gasteiger partial charge in [0, 0.05) is 11.6 Å². The Hall–Kier alpha value is -1.80. The van der Waals surface area contributed by atoms with Gasteiger partial charge in [0.15, 0.2) is 0 Å². The SMILES string of the molecule is O=C(Nc1cccc(CCl)c1)C1Cc2ccccc21. The minimum atomic E-state index is -0.0177. The van der Waals surface area contributed by atoms with Crippen LogP contribution in [0.3, 0.4) is 0 Å². The second-order valence-corrected chi connectivity index (χ2v) is 5.05. The van der Waals surface area contributed by atoms with Crippen molar-refractivity contribution in [2.45, 2.75) is 18.2 Å². The summed E-state index contributed by atoms with van der Waals surface area (Å²) in [6.07, 6.45) is 0.831. The molecule has 0 aromatic heterocycles. The summed E-state index contributed by atoms with van der Waals surface area (Å²) in [5.74, 6) is 0.497. The zero-order valence-corrected chi connectivity index (χ0v) is 11.2. The van der Waals surface area contributed by atoms with Crippen molar-refractivity contribution in [3.63, 3.8) is 0 Å². The quantitative estimate of drug-likeness (QED) is 0.848. The maximum atomic E-state index is 12.2. The number of benzene rings is 2. The Bertz CT molecular complexity index is 624. The Morgan fingerprint density at radius 2 is 2.05 bits per heavy atom. The molecule has 0 aliphatic heterocycles. The fourth-order valence-electron chi connectivity index (χ4n) is 2.45. The van der Waals surface area contributed by atoms with Gasteiger partial charge in [-0.05, 0) is 35.2 Å². The summed E-state index contributed by atoms with van der Waals surface area (Å²) in [5, 5.41) is 2.96. The number of nitrogens with one attached hydrogen (secondary N) is 1. The van der Waals surface area contributed by atoms with Crippen LogP contribution in [0.5, 0.6) is 0 Å². The molecule has 3 rings (SSSR count). The van der Waals surface area contributed by atoms with E-state index in [0.29, 0.717) is 5.88 Å². The zero-order valence-electron chi connectivity index (χ0n) is 10.4. The van der Waals surface area contributed by atoms with Crippen LogP contribution in [0.1, 0.15) is 22.6 Å². The summed E-state index contributed by atoms with van der Waals surface area (Å²) in [7, 11) is 0. The van der Waals surface area contributed by atoms with Crippen LogP contribution in [0.25, 0.3) is 0 Å². The van der Waals surface area contributed by atoms with Crippen LogP contribution in [0.4, 0.5) is 5.69 Å². The first kappa shape index (κ1) is 12.2. The topological polar surface area (TPSA) is 29.1 Å². The molecule has 0 spiro atoms. The van der Waals surface area contributed by atoms with Crippen LogP contribution in [0, 0.1) is 0 Å². The number of alkyl halides is 1. The van der Waals surface area contributed by atoms with Gasteiger partial charge in [-0.3, -0.25) is 4.79 Å². The Kier molecular flexibility index (Phi) is 3.26. The molecule has 1 aliphatic carbocycles. The van der Waals surface area contributed by atoms with E-state index >= 15 is 0 Å². The van der Waals surface area contributed by atoms with E-state index in [-0.39, 0.29) is 11.8 Å². The van der Waals surface area contributed by atoms with Crippen molar-refractivity contribution in [2.24, 2.45) is 0 Å². The number of carbonyl (C=O) groups excluding carboxylic acids is 1. The lowest BCUT2D eigenvalue weighted by molar-refractivity contribution is -0.118. The molecule has 96 valence electrons. The highest BCUT2D eigenvalue weighted by Gasteiger charge is 2.31. The molecular weight excluding hydrogens is 258 g/mol. The molecule has 1 amide bonds. The van der Waals surface area contributed by atoms with Crippen molar-refractivity contribution in [3.8, 4) is 0 Å². The molecule has 0 heterocycles. The predicted octanol–water partition coefficient (Wildman–Crippen LogP) is 3.70. The number of anilines is 1. The highest BCUT2D eigenvalue weighted by atomic mass is 35.5. The average Bonchev–Trinajstić information content (AvgIpc) is 2.40. The van der Waals surface area contributed by atoms with Crippen LogP contribution in [-0.4, -0.2) is 5.91 Å². The van der Waals surface area contributed by atoms with Crippen molar-refractivity contribution in [1.82, 2.24) is 0 Å². The van der Waals surface area contributed by atoms with Crippen LogP contribution < -0.4 is 5.32 Å². The third-order valence-electron chi connectivity index (χ3n) is 3.52. The fraction of sp³-hybridized carbons (Fsp3) is 0.188. The van der Waals surface area contributed by atoms with E-state index in [1.165, 1.54) is 5.56 Å². The molecule has 1 aliphatic rings. The standard InChI is InChI=1S/C16H14ClNO/c17-10-11-4-3-6-13(8-11)18-16(19)15-9-12-5-1-2-7-14(12)15/h1-8,15H,9-10H2,(H,18,19). The van der Waals surface area contributed by atoms with Gasteiger partial charge in [0.2, 0.25) is 5.91 Å². The molecule has 1 atom stereocenters. The lowest BCUT2D eigenvalue weighted by Crippen LogP contribution is -2.30. The molecule has 19 heavy (non-hydrogen) atoms. The van der Waals surface area contributed by atoms with E-state index < -0.39 is 0 Å². The molecule has 2 aromatic rings. The Labute approximate surface area is 117 Å². The van der Waals surface area contributed by atoms with E-state index in [9.17, 15) is 4.79 Å². The van der Waals surface area contributed by atoms with E-state index in [0.717, 1.165) is 23.2 Å². The van der Waals surface area contributed by atoms with Gasteiger partial charge in [0.05, 0.1) is 5.92 Å². The molecule has 0 radical (unpaired) electrons. The van der Waals surface area contributed by atoms with Gasteiger partial charge < -0.3 is 5.32 Å². The first-order valence-corrected chi connectivity index (χ1v) is 6.85. The zero-order chi connectivity index (χ0) is 13.2. The molecule has 0 saturated carbocycles. The van der Waals surface area contributed by atoms with Gasteiger partial charge >= 0.3 is 0 Å². The molecule has 0 fully saturated rings. The summed E-state index contributed by atoms with van der Waals surface area (Å²) in [6, 6.07) is 15.7. The first-order valence-electron chi connectivity index (χ1n) is 6.31. The van der Waals surface area contributed by atoms with Crippen molar-refractivity contribution in [3.05, 3.63) is 65.2 Å². The van der Waals surface area contributed by atoms with Gasteiger partial charge in [0.25, 0.3) is 0 Å². The lowest BCUT2D eigenvalue weighted by atomic mass is 9.77. The van der Waals surface area contributed by atoms with Gasteiger partial charge in [-0.25, -0.2) is 0 Å². The molecule has 1 unspecified atom stereocenters. The minimum Gasteiger partial charge on any atom is -0.326 e. The van der Waals surface area contributed by atoms with Crippen molar-refractivity contribution in [1.29, 1.82) is 0 Å². The van der Waals surface area contributed by atoms with E-state index in [1.807, 2.05) is 42.5 Å². The molecule has 0 saturated heterocycles. The molecule has 2 nitrogen and oxygen atoms in total. The number of rotatable bonds is 3. The summed E-state index contributed by atoms with van der Waals surface area (Å²) in [5.41, 5.74) is 4.24. The number of amides is 1. The molecular formula is C16H14ClNO. The highest BCUT2D eigenvalue weighted by Crippen LogP contribution is 2.35. The van der Waals surface area contributed by atoms with Gasteiger partial charge in [-0.2, -0.15) is 0 Å². The highest BCUT2D eigenvalue weighted by molar-refractivity contribution is 6.17. The second kappa shape index (κ2) is 5.06. The summed E-state index contributed by atoms with van der Waals surface area (Å²) in [6.45, 7) is 0. The van der Waals surface area contributed by atoms with E-state index in [4.69, 9.17) is 11.6 Å². The lowest BCUT2D eigenvalue weighted by Gasteiger charge is -2.28. The van der Waals surface area contributed by atoms with Crippen LogP contribution in [0.2, 0.25) is 0 Å². The van der Waals surface area contributed by atoms with Crippen LogP contribution >= 0.6 is 11.6 Å². The fourth-order valence-corrected chi connectivity index (χ4v) is 2.62. The number of hydrogen-bond donors (Lipinski definition) is 1. The van der Waals surface area contributed by atoms with Crippen molar-refractivity contribution < 1.29 is 4.79 Å². The predicted molar refractivity (Wildman–Crippen MR) is 77.5 cm³/mol. The number of carbonyl (C=O) groups is 1. The summed E-state index contributed by atoms with van der Waals surface area (Å²) < 4.78 is 0. The summed E-state index contributed by atoms with van der Waals surface area (Å²) in [4.78, 5) is 12.2. The van der Waals surface area contributed by atoms with Gasteiger partial charge in [0.1, 0.15) is 0 Å². The van der Waals surface area contributed by atoms with Gasteiger partial charge in [-0.1, -0.05) is 36.4 Å². The van der Waals surface area contributed by atoms with Crippen LogP contribution in [0.15, 0.2) is 48.5 Å². The first-order chi connectivity index (χ1) is 9.28. The van der Waals surface area contributed by atoms with Gasteiger partial charge in [-0.15, -0.1) is 11.6 Å². The smallest absolute Gasteiger partial charge is 0.232 e. The molecule has 2 aromatic carbocycles. The van der Waals surface area contributed by atoms with E-state index in [1.54, 1.807) is 0 Å². The number of halogens is 1. The Balaban J connectivity index is 1.73. The molecule has 1 N–H and O–H groups in total. The molecule has 0 bridgehead atoms. The summed E-state index contributed by atoms with van der Waals surface area (Å²) >= 11 is 5.79. The Morgan fingerprint density at radius 3 is 2.84 bits per heavy atom. The van der Waals surface area contributed by atoms with E-state index in [2.05, 4.69) is 11.4 Å². The van der Waals surface area contributed by atoms with Crippen molar-refractivity contribution in [2.75, 3.05) is 5.32 Å². The second-order valence-electron chi connectivity index (χ2n) is 4.78. The van der Waals surface area contributed by atoms with Crippen LogP contribution in [-0.2, 0) is 17.1 Å². The minimum absolute atomic E-state index is 0.0177. The monoisotopic (exact) mass is 271 g/mol. The Morgan fingerprint density at radius 1 is 1.21 bits per heavy atom. The number of fused-ring (bicyclic) bond motifs is 1.